The number of rotatable bonds is 3. The monoisotopic (exact) mass is 245 g/mol. The number of ether oxygens (including phenoxy) is 1. The molecule has 0 unspecified atom stereocenters. The first-order chi connectivity index (χ1) is 8.58. The van der Waals surface area contributed by atoms with Crippen LogP contribution in [0, 0.1) is 5.82 Å². The molecule has 2 aromatic rings. The largest absolute Gasteiger partial charge is 0.490 e. The lowest BCUT2D eigenvalue weighted by atomic mass is 10.0. The molecule has 0 spiro atoms. The van der Waals surface area contributed by atoms with E-state index in [0.717, 1.165) is 5.56 Å². The third-order valence-corrected chi connectivity index (χ3v) is 2.53. The highest BCUT2D eigenvalue weighted by Gasteiger charge is 2.11. The van der Waals surface area contributed by atoms with Crippen LogP contribution in [-0.4, -0.2) is 6.10 Å². The highest BCUT2D eigenvalue weighted by atomic mass is 19.1. The first-order valence-electron chi connectivity index (χ1n) is 5.89. The molecule has 2 aromatic carbocycles. The second-order valence-corrected chi connectivity index (χ2v) is 4.40. The Morgan fingerprint density at radius 2 is 1.78 bits per heavy atom. The van der Waals surface area contributed by atoms with Crippen LogP contribution in [0.2, 0.25) is 0 Å². The van der Waals surface area contributed by atoms with Gasteiger partial charge in [0.1, 0.15) is 11.6 Å². The van der Waals surface area contributed by atoms with E-state index in [1.54, 1.807) is 12.1 Å². The predicted octanol–water partition coefficient (Wildman–Crippen LogP) is 3.86. The lowest BCUT2D eigenvalue weighted by molar-refractivity contribution is 0.243. The summed E-state index contributed by atoms with van der Waals surface area (Å²) in [5.41, 5.74) is 7.42. The molecule has 0 aliphatic rings. The van der Waals surface area contributed by atoms with Crippen LogP contribution in [0.3, 0.4) is 0 Å². The van der Waals surface area contributed by atoms with Gasteiger partial charge in [0.05, 0.1) is 6.10 Å². The van der Waals surface area contributed by atoms with Crippen molar-refractivity contribution in [3.05, 3.63) is 48.3 Å². The zero-order chi connectivity index (χ0) is 13.1. The number of halogens is 1. The molecule has 0 heterocycles. The molecule has 2 N–H and O–H groups in total. The van der Waals surface area contributed by atoms with Crippen molar-refractivity contribution in [1.29, 1.82) is 0 Å². The SMILES string of the molecule is CC(C)Oc1ccccc1-c1cc(N)ccc1F. The molecular formula is C15H16FNO. The summed E-state index contributed by atoms with van der Waals surface area (Å²) < 4.78 is 19.5. The van der Waals surface area contributed by atoms with Crippen LogP contribution in [0.4, 0.5) is 10.1 Å². The van der Waals surface area contributed by atoms with Gasteiger partial charge in [0.15, 0.2) is 0 Å². The summed E-state index contributed by atoms with van der Waals surface area (Å²) in [7, 11) is 0. The molecule has 0 bridgehead atoms. The van der Waals surface area contributed by atoms with Crippen molar-refractivity contribution in [3.8, 4) is 16.9 Å². The molecule has 18 heavy (non-hydrogen) atoms. The number of benzene rings is 2. The molecule has 0 aliphatic carbocycles. The molecule has 0 saturated heterocycles. The molecule has 2 nitrogen and oxygen atoms in total. The normalized spacial score (nSPS) is 10.7. The molecule has 0 aliphatic heterocycles. The summed E-state index contributed by atoms with van der Waals surface area (Å²) >= 11 is 0. The Labute approximate surface area is 106 Å². The molecule has 0 fully saturated rings. The van der Waals surface area contributed by atoms with Crippen molar-refractivity contribution < 1.29 is 9.13 Å². The lowest BCUT2D eigenvalue weighted by Crippen LogP contribution is -2.06. The minimum Gasteiger partial charge on any atom is -0.490 e. The molecule has 2 rings (SSSR count). The van der Waals surface area contributed by atoms with Crippen LogP contribution in [0.5, 0.6) is 5.75 Å². The van der Waals surface area contributed by atoms with Gasteiger partial charge in [0, 0.05) is 16.8 Å². The van der Waals surface area contributed by atoms with E-state index in [2.05, 4.69) is 0 Å². The Hall–Kier alpha value is -2.03. The quantitative estimate of drug-likeness (QED) is 0.833. The number of nitrogen functional groups attached to an aromatic ring is 1. The van der Waals surface area contributed by atoms with Crippen LogP contribution >= 0.6 is 0 Å². The van der Waals surface area contributed by atoms with Gasteiger partial charge in [-0.3, -0.25) is 0 Å². The predicted molar refractivity (Wildman–Crippen MR) is 72.0 cm³/mol. The second-order valence-electron chi connectivity index (χ2n) is 4.40. The Bertz CT molecular complexity index is 552. The summed E-state index contributed by atoms with van der Waals surface area (Å²) in [4.78, 5) is 0. The van der Waals surface area contributed by atoms with Gasteiger partial charge < -0.3 is 10.5 Å². The highest BCUT2D eigenvalue weighted by Crippen LogP contribution is 2.33. The molecule has 0 radical (unpaired) electrons. The maximum Gasteiger partial charge on any atom is 0.131 e. The first kappa shape index (κ1) is 12.4. The van der Waals surface area contributed by atoms with Crippen molar-refractivity contribution in [2.24, 2.45) is 0 Å². The van der Waals surface area contributed by atoms with Crippen molar-refractivity contribution >= 4 is 5.69 Å². The number of para-hydroxylation sites is 1. The minimum atomic E-state index is -0.302. The Morgan fingerprint density at radius 1 is 1.06 bits per heavy atom. The molecule has 0 saturated carbocycles. The van der Waals surface area contributed by atoms with Crippen LogP contribution in [0.1, 0.15) is 13.8 Å². The van der Waals surface area contributed by atoms with Crippen molar-refractivity contribution in [3.63, 3.8) is 0 Å². The molecular weight excluding hydrogens is 229 g/mol. The summed E-state index contributed by atoms with van der Waals surface area (Å²) in [6.07, 6.45) is 0.0373. The summed E-state index contributed by atoms with van der Waals surface area (Å²) in [5, 5.41) is 0. The van der Waals surface area contributed by atoms with Gasteiger partial charge in [-0.05, 0) is 38.1 Å². The fourth-order valence-corrected chi connectivity index (χ4v) is 1.80. The van der Waals surface area contributed by atoms with Gasteiger partial charge in [0.2, 0.25) is 0 Å². The third kappa shape index (κ3) is 2.62. The van der Waals surface area contributed by atoms with Gasteiger partial charge >= 0.3 is 0 Å². The van der Waals surface area contributed by atoms with Crippen molar-refractivity contribution in [1.82, 2.24) is 0 Å². The van der Waals surface area contributed by atoms with E-state index in [9.17, 15) is 4.39 Å². The zero-order valence-corrected chi connectivity index (χ0v) is 10.5. The maximum absolute atomic E-state index is 13.9. The Morgan fingerprint density at radius 3 is 2.50 bits per heavy atom. The van der Waals surface area contributed by atoms with Crippen LogP contribution < -0.4 is 10.5 Å². The van der Waals surface area contributed by atoms with Crippen LogP contribution in [0.15, 0.2) is 42.5 Å². The molecule has 0 aromatic heterocycles. The van der Waals surface area contributed by atoms with E-state index in [0.29, 0.717) is 17.0 Å². The van der Waals surface area contributed by atoms with Gasteiger partial charge in [-0.1, -0.05) is 18.2 Å². The summed E-state index contributed by atoms with van der Waals surface area (Å²) in [6.45, 7) is 3.87. The molecule has 0 atom stereocenters. The van der Waals surface area contributed by atoms with E-state index in [-0.39, 0.29) is 11.9 Å². The van der Waals surface area contributed by atoms with E-state index < -0.39 is 0 Å². The van der Waals surface area contributed by atoms with Crippen molar-refractivity contribution in [2.45, 2.75) is 20.0 Å². The summed E-state index contributed by atoms with van der Waals surface area (Å²) in [6, 6.07) is 11.9. The van der Waals surface area contributed by atoms with Crippen LogP contribution in [0.25, 0.3) is 11.1 Å². The van der Waals surface area contributed by atoms with E-state index in [1.165, 1.54) is 6.07 Å². The second kappa shape index (κ2) is 5.08. The van der Waals surface area contributed by atoms with Gasteiger partial charge in [-0.15, -0.1) is 0 Å². The van der Waals surface area contributed by atoms with Gasteiger partial charge in [-0.25, -0.2) is 4.39 Å². The fraction of sp³-hybridized carbons (Fsp3) is 0.200. The lowest BCUT2D eigenvalue weighted by Gasteiger charge is -2.15. The Kier molecular flexibility index (Phi) is 3.51. The maximum atomic E-state index is 13.9. The first-order valence-corrected chi connectivity index (χ1v) is 5.89. The Balaban J connectivity index is 2.53. The third-order valence-electron chi connectivity index (χ3n) is 2.53. The van der Waals surface area contributed by atoms with Crippen molar-refractivity contribution in [2.75, 3.05) is 5.73 Å². The minimum absolute atomic E-state index is 0.0373. The fourth-order valence-electron chi connectivity index (χ4n) is 1.80. The number of hydrogen-bond donors (Lipinski definition) is 1. The standard InChI is InChI=1S/C15H16FNO/c1-10(2)18-15-6-4-3-5-12(15)13-9-11(17)7-8-14(13)16/h3-10H,17H2,1-2H3. The van der Waals surface area contributed by atoms with Gasteiger partial charge in [-0.2, -0.15) is 0 Å². The zero-order valence-electron chi connectivity index (χ0n) is 10.5. The van der Waals surface area contributed by atoms with E-state index in [1.807, 2.05) is 38.1 Å². The van der Waals surface area contributed by atoms with E-state index in [4.69, 9.17) is 10.5 Å². The average molecular weight is 245 g/mol. The summed E-state index contributed by atoms with van der Waals surface area (Å²) in [5.74, 6) is 0.362. The molecule has 3 heteroatoms. The number of hydrogen-bond acceptors (Lipinski definition) is 2. The number of nitrogens with two attached hydrogens (primary N) is 1. The van der Waals surface area contributed by atoms with Crippen LogP contribution in [-0.2, 0) is 0 Å². The smallest absolute Gasteiger partial charge is 0.131 e. The molecule has 0 amide bonds. The van der Waals surface area contributed by atoms with Gasteiger partial charge in [0.25, 0.3) is 0 Å². The number of anilines is 1. The topological polar surface area (TPSA) is 35.2 Å². The highest BCUT2D eigenvalue weighted by molar-refractivity contribution is 5.73. The average Bonchev–Trinajstić information content (AvgIpc) is 2.32. The molecule has 94 valence electrons. The van der Waals surface area contributed by atoms with E-state index >= 15 is 0 Å².